The van der Waals surface area contributed by atoms with Crippen molar-refractivity contribution in [1.29, 1.82) is 0 Å². The Morgan fingerprint density at radius 2 is 1.24 bits per heavy atom. The summed E-state index contributed by atoms with van der Waals surface area (Å²) < 4.78 is 10.9. The molecule has 128 valence electrons. The molecule has 0 spiro atoms. The molecule has 0 atom stereocenters. The number of primary amides is 1. The first-order valence-electron chi connectivity index (χ1n) is 8.71. The van der Waals surface area contributed by atoms with Crippen LogP contribution in [0.25, 0.3) is 0 Å². The summed E-state index contributed by atoms with van der Waals surface area (Å²) in [6, 6.07) is 0. The first-order valence-corrected chi connectivity index (χ1v) is 8.71. The van der Waals surface area contributed by atoms with E-state index in [9.17, 15) is 4.79 Å². The van der Waals surface area contributed by atoms with Crippen molar-refractivity contribution in [2.75, 3.05) is 26.4 Å². The van der Waals surface area contributed by atoms with E-state index in [4.69, 9.17) is 15.2 Å². The smallest absolute Gasteiger partial charge is 0.217 e. The maximum atomic E-state index is 10.5. The molecule has 0 rings (SSSR count). The fourth-order valence-corrected chi connectivity index (χ4v) is 1.81. The summed E-state index contributed by atoms with van der Waals surface area (Å²) in [5.41, 5.74) is 5.05. The van der Waals surface area contributed by atoms with Gasteiger partial charge >= 0.3 is 0 Å². The van der Waals surface area contributed by atoms with Crippen LogP contribution in [0.1, 0.15) is 78.6 Å². The quantitative estimate of drug-likeness (QED) is 0.464. The summed E-state index contributed by atoms with van der Waals surface area (Å²) in [6.07, 6.45) is 9.72. The van der Waals surface area contributed by atoms with E-state index in [1.807, 2.05) is 13.8 Å². The molecule has 0 aromatic carbocycles. The fourth-order valence-electron chi connectivity index (χ4n) is 1.81. The lowest BCUT2D eigenvalue weighted by Crippen LogP contribution is -2.10. The lowest BCUT2D eigenvalue weighted by molar-refractivity contribution is -0.118. The largest absolute Gasteiger partial charge is 0.379 e. The Morgan fingerprint density at radius 3 is 1.71 bits per heavy atom. The monoisotopic (exact) mass is 303 g/mol. The summed E-state index contributed by atoms with van der Waals surface area (Å²) >= 11 is 0. The van der Waals surface area contributed by atoms with Gasteiger partial charge in [0.1, 0.15) is 0 Å². The average Bonchev–Trinajstić information content (AvgIpc) is 2.49. The van der Waals surface area contributed by atoms with Crippen molar-refractivity contribution in [1.82, 2.24) is 0 Å². The molecule has 1 amide bonds. The highest BCUT2D eigenvalue weighted by Crippen LogP contribution is 2.02. The molecule has 4 nitrogen and oxygen atoms in total. The molecular formula is C17H37NO3. The molecule has 0 radical (unpaired) electrons. The summed E-state index contributed by atoms with van der Waals surface area (Å²) in [6.45, 7) is 9.19. The van der Waals surface area contributed by atoms with Gasteiger partial charge in [0.2, 0.25) is 5.91 Å². The highest BCUT2D eigenvalue weighted by molar-refractivity contribution is 5.73. The number of amides is 1. The second kappa shape index (κ2) is 21.7. The van der Waals surface area contributed by atoms with Gasteiger partial charge in [-0.05, 0) is 19.3 Å². The Kier molecular flexibility index (Phi) is 23.4. The topological polar surface area (TPSA) is 61.6 Å². The number of hydrogen-bond donors (Lipinski definition) is 1. The molecule has 2 N–H and O–H groups in total. The van der Waals surface area contributed by atoms with Gasteiger partial charge in [-0.3, -0.25) is 4.79 Å². The molecule has 0 unspecified atom stereocenters. The zero-order valence-corrected chi connectivity index (χ0v) is 14.5. The minimum atomic E-state index is -0.215. The summed E-state index contributed by atoms with van der Waals surface area (Å²) in [5.74, 6) is -0.215. The van der Waals surface area contributed by atoms with Gasteiger partial charge in [0.05, 0.1) is 13.2 Å². The predicted octanol–water partition coefficient (Wildman–Crippen LogP) is 4.06. The van der Waals surface area contributed by atoms with E-state index in [1.165, 1.54) is 25.7 Å². The number of unbranched alkanes of at least 4 members (excludes halogenated alkanes) is 6. The molecule has 0 aromatic rings. The van der Waals surface area contributed by atoms with Crippen molar-refractivity contribution in [3.05, 3.63) is 0 Å². The Morgan fingerprint density at radius 1 is 0.762 bits per heavy atom. The van der Waals surface area contributed by atoms with Crippen LogP contribution in [-0.2, 0) is 14.3 Å². The van der Waals surface area contributed by atoms with Crippen LogP contribution >= 0.6 is 0 Å². The average molecular weight is 303 g/mol. The molecule has 0 bridgehead atoms. The molecule has 4 heteroatoms. The van der Waals surface area contributed by atoms with Gasteiger partial charge in [0, 0.05) is 19.6 Å². The maximum Gasteiger partial charge on any atom is 0.217 e. The molecule has 0 fully saturated rings. The SMILES string of the molecule is CC.CCCCCCCOCCOCCCCCC(N)=O. The molecule has 0 aliphatic rings. The van der Waals surface area contributed by atoms with Gasteiger partial charge in [-0.2, -0.15) is 0 Å². The Labute approximate surface area is 131 Å². The number of rotatable bonds is 15. The van der Waals surface area contributed by atoms with Gasteiger partial charge in [-0.1, -0.05) is 52.9 Å². The van der Waals surface area contributed by atoms with E-state index in [1.54, 1.807) is 0 Å². The molecular weight excluding hydrogens is 266 g/mol. The van der Waals surface area contributed by atoms with Crippen LogP contribution in [0.4, 0.5) is 0 Å². The fraction of sp³-hybridized carbons (Fsp3) is 0.941. The molecule has 0 aromatic heterocycles. The van der Waals surface area contributed by atoms with E-state index >= 15 is 0 Å². The van der Waals surface area contributed by atoms with Crippen molar-refractivity contribution in [2.45, 2.75) is 78.6 Å². The lowest BCUT2D eigenvalue weighted by Gasteiger charge is -2.05. The van der Waals surface area contributed by atoms with Crippen molar-refractivity contribution >= 4 is 5.91 Å². The molecule has 0 aliphatic carbocycles. The number of carbonyl (C=O) groups excluding carboxylic acids is 1. The van der Waals surface area contributed by atoms with Gasteiger partial charge in [0.25, 0.3) is 0 Å². The first-order chi connectivity index (χ1) is 10.3. The molecule has 0 aliphatic heterocycles. The van der Waals surface area contributed by atoms with E-state index in [-0.39, 0.29) is 5.91 Å². The van der Waals surface area contributed by atoms with E-state index < -0.39 is 0 Å². The lowest BCUT2D eigenvalue weighted by atomic mass is 10.2. The van der Waals surface area contributed by atoms with E-state index in [0.29, 0.717) is 19.6 Å². The zero-order chi connectivity index (χ0) is 16.2. The minimum Gasteiger partial charge on any atom is -0.379 e. The Hall–Kier alpha value is -0.610. The molecule has 0 saturated carbocycles. The van der Waals surface area contributed by atoms with Gasteiger partial charge in [0.15, 0.2) is 0 Å². The Balaban J connectivity index is 0. The highest BCUT2D eigenvalue weighted by Gasteiger charge is 1.95. The second-order valence-electron chi connectivity index (χ2n) is 4.92. The van der Waals surface area contributed by atoms with Crippen molar-refractivity contribution < 1.29 is 14.3 Å². The van der Waals surface area contributed by atoms with Crippen LogP contribution in [0.2, 0.25) is 0 Å². The van der Waals surface area contributed by atoms with Crippen molar-refractivity contribution in [3.63, 3.8) is 0 Å². The number of carbonyl (C=O) groups is 1. The van der Waals surface area contributed by atoms with Crippen LogP contribution in [0.5, 0.6) is 0 Å². The standard InChI is InChI=1S/C15H31NO3.C2H6/c1-2-3-4-5-8-11-18-13-14-19-12-9-6-7-10-15(16)17;1-2/h2-14H2,1H3,(H2,16,17);1-2H3. The van der Waals surface area contributed by atoms with Crippen LogP contribution in [-0.4, -0.2) is 32.3 Å². The first kappa shape index (κ1) is 22.7. The highest BCUT2D eigenvalue weighted by atomic mass is 16.5. The van der Waals surface area contributed by atoms with Crippen LogP contribution in [0.3, 0.4) is 0 Å². The van der Waals surface area contributed by atoms with Crippen LogP contribution < -0.4 is 5.73 Å². The summed E-state index contributed by atoms with van der Waals surface area (Å²) in [7, 11) is 0. The molecule has 21 heavy (non-hydrogen) atoms. The number of nitrogens with two attached hydrogens (primary N) is 1. The van der Waals surface area contributed by atoms with Crippen LogP contribution in [0.15, 0.2) is 0 Å². The summed E-state index contributed by atoms with van der Waals surface area (Å²) in [5, 5.41) is 0. The van der Waals surface area contributed by atoms with Gasteiger partial charge in [-0.15, -0.1) is 0 Å². The Bertz CT molecular complexity index is 198. The normalized spacial score (nSPS) is 10.0. The van der Waals surface area contributed by atoms with Gasteiger partial charge in [-0.25, -0.2) is 0 Å². The predicted molar refractivity (Wildman–Crippen MR) is 89.4 cm³/mol. The van der Waals surface area contributed by atoms with Crippen LogP contribution in [0, 0.1) is 0 Å². The third-order valence-corrected chi connectivity index (χ3v) is 2.98. The maximum absolute atomic E-state index is 10.5. The van der Waals surface area contributed by atoms with Gasteiger partial charge < -0.3 is 15.2 Å². The second-order valence-corrected chi connectivity index (χ2v) is 4.92. The third kappa shape index (κ3) is 24.8. The number of ether oxygens (including phenoxy) is 2. The summed E-state index contributed by atoms with van der Waals surface area (Å²) in [4.78, 5) is 10.5. The van der Waals surface area contributed by atoms with E-state index in [2.05, 4.69) is 6.92 Å². The third-order valence-electron chi connectivity index (χ3n) is 2.98. The van der Waals surface area contributed by atoms with Crippen molar-refractivity contribution in [3.8, 4) is 0 Å². The van der Waals surface area contributed by atoms with Crippen molar-refractivity contribution in [2.24, 2.45) is 5.73 Å². The molecule has 0 saturated heterocycles. The number of hydrogen-bond acceptors (Lipinski definition) is 3. The van der Waals surface area contributed by atoms with E-state index in [0.717, 1.165) is 38.9 Å². The minimum absolute atomic E-state index is 0.215. The zero-order valence-electron chi connectivity index (χ0n) is 14.5. The molecule has 0 heterocycles.